The number of rotatable bonds is 11. The molecule has 0 atom stereocenters. The Balaban J connectivity index is 0.000000343. The first-order valence-corrected chi connectivity index (χ1v) is 11.4. The van der Waals surface area contributed by atoms with Gasteiger partial charge in [-0.15, -0.1) is 0 Å². The number of carbonyl (C=O) groups is 1. The minimum atomic E-state index is 0.00315. The van der Waals surface area contributed by atoms with Crippen LogP contribution in [-0.4, -0.2) is 53.2 Å². The number of aromatic nitrogens is 2. The van der Waals surface area contributed by atoms with E-state index in [0.717, 1.165) is 24.5 Å². The Morgan fingerprint density at radius 1 is 1.09 bits per heavy atom. The summed E-state index contributed by atoms with van der Waals surface area (Å²) in [5, 5.41) is 10.1. The highest BCUT2D eigenvalue weighted by atomic mass is 16.5. The third-order valence-corrected chi connectivity index (χ3v) is 3.99. The molecule has 0 spiro atoms. The van der Waals surface area contributed by atoms with E-state index in [1.165, 1.54) is 0 Å². The summed E-state index contributed by atoms with van der Waals surface area (Å²) in [6, 6.07) is 8.65. The number of ether oxygens (including phenoxy) is 1. The third-order valence-electron chi connectivity index (χ3n) is 3.99. The number of benzene rings is 1. The number of likely N-dealkylation sites (N-methyl/N-ethyl adjacent to an activating group) is 1. The molecule has 32 heavy (non-hydrogen) atoms. The fourth-order valence-electron chi connectivity index (χ4n) is 2.84. The highest BCUT2D eigenvalue weighted by Crippen LogP contribution is 2.16. The van der Waals surface area contributed by atoms with Gasteiger partial charge in [0, 0.05) is 24.2 Å². The number of anilines is 1. The molecule has 0 saturated heterocycles. The van der Waals surface area contributed by atoms with E-state index in [1.54, 1.807) is 0 Å². The molecule has 0 saturated carbocycles. The molecule has 0 radical (unpaired) electrons. The van der Waals surface area contributed by atoms with Gasteiger partial charge >= 0.3 is 0 Å². The van der Waals surface area contributed by atoms with Gasteiger partial charge in [0.15, 0.2) is 5.82 Å². The van der Waals surface area contributed by atoms with Crippen molar-refractivity contribution in [3.05, 3.63) is 36.0 Å². The average molecular weight is 448 g/mol. The van der Waals surface area contributed by atoms with E-state index in [2.05, 4.69) is 48.5 Å². The van der Waals surface area contributed by atoms with Crippen LogP contribution in [0.3, 0.4) is 0 Å². The van der Waals surface area contributed by atoms with Crippen LogP contribution in [0.25, 0.3) is 0 Å². The first-order chi connectivity index (χ1) is 15.1. The summed E-state index contributed by atoms with van der Waals surface area (Å²) in [4.78, 5) is 17.8. The lowest BCUT2D eigenvalue weighted by atomic mass is 10.1. The van der Waals surface area contributed by atoms with Gasteiger partial charge in [-0.25, -0.2) is 0 Å². The molecule has 2 aromatic rings. The largest absolute Gasteiger partial charge is 0.494 e. The molecule has 0 bridgehead atoms. The molecule has 1 amide bonds. The Morgan fingerprint density at radius 3 is 2.28 bits per heavy atom. The molecule has 180 valence electrons. The van der Waals surface area contributed by atoms with E-state index >= 15 is 0 Å². The molecular formula is C24H41N5O3. The maximum Gasteiger partial charge on any atom is 0.234 e. The van der Waals surface area contributed by atoms with E-state index in [4.69, 9.17) is 9.26 Å². The van der Waals surface area contributed by atoms with Gasteiger partial charge in [-0.2, -0.15) is 4.98 Å². The van der Waals surface area contributed by atoms with Crippen LogP contribution < -0.4 is 15.4 Å². The Morgan fingerprint density at radius 2 is 1.75 bits per heavy atom. The number of nitrogens with zero attached hydrogens (tertiary/aromatic N) is 3. The molecule has 0 fully saturated rings. The van der Waals surface area contributed by atoms with Gasteiger partial charge in [0.2, 0.25) is 11.8 Å². The molecule has 0 aliphatic carbocycles. The van der Waals surface area contributed by atoms with Crippen LogP contribution in [0.2, 0.25) is 0 Å². The van der Waals surface area contributed by atoms with Crippen molar-refractivity contribution in [1.29, 1.82) is 0 Å². The number of hydrogen-bond donors (Lipinski definition) is 2. The van der Waals surface area contributed by atoms with Crippen molar-refractivity contribution in [2.45, 2.75) is 73.5 Å². The summed E-state index contributed by atoms with van der Waals surface area (Å²) < 4.78 is 10.5. The predicted octanol–water partition coefficient (Wildman–Crippen LogP) is 4.13. The van der Waals surface area contributed by atoms with Crippen LogP contribution in [0.4, 0.5) is 5.69 Å². The molecule has 0 aliphatic rings. The zero-order chi connectivity index (χ0) is 24.1. The summed E-state index contributed by atoms with van der Waals surface area (Å²) in [7, 11) is 1.86. The Labute approximate surface area is 193 Å². The summed E-state index contributed by atoms with van der Waals surface area (Å²) >= 11 is 0. The fraction of sp³-hybridized carbons (Fsp3) is 0.625. The van der Waals surface area contributed by atoms with Gasteiger partial charge in [0.1, 0.15) is 5.75 Å². The zero-order valence-electron chi connectivity index (χ0n) is 20.9. The lowest BCUT2D eigenvalue weighted by Crippen LogP contribution is -2.38. The van der Waals surface area contributed by atoms with Crippen LogP contribution in [0.5, 0.6) is 5.75 Å². The van der Waals surface area contributed by atoms with Gasteiger partial charge < -0.3 is 19.9 Å². The van der Waals surface area contributed by atoms with Crippen molar-refractivity contribution in [2.24, 2.45) is 5.92 Å². The summed E-state index contributed by atoms with van der Waals surface area (Å²) in [5.41, 5.74) is 1.14. The highest BCUT2D eigenvalue weighted by molar-refractivity contribution is 5.78. The number of amides is 1. The first-order valence-electron chi connectivity index (χ1n) is 11.4. The molecule has 2 N–H and O–H groups in total. The van der Waals surface area contributed by atoms with Crippen molar-refractivity contribution >= 4 is 11.6 Å². The quantitative estimate of drug-likeness (QED) is 0.535. The van der Waals surface area contributed by atoms with Crippen LogP contribution >= 0.6 is 0 Å². The second kappa shape index (κ2) is 14.5. The third kappa shape index (κ3) is 12.3. The monoisotopic (exact) mass is 447 g/mol. The predicted molar refractivity (Wildman–Crippen MR) is 129 cm³/mol. The second-order valence-corrected chi connectivity index (χ2v) is 8.85. The SMILES string of the molecule is CC(C)Cc1nc(CN(C)CC(=O)NC(C)C)no1.CCOc1ccc(NC(C)C)cc1. The Bertz CT molecular complexity index is 772. The molecule has 0 aliphatic heterocycles. The average Bonchev–Trinajstić information content (AvgIpc) is 3.08. The summed E-state index contributed by atoms with van der Waals surface area (Å²) in [6.45, 7) is 15.9. The lowest BCUT2D eigenvalue weighted by molar-refractivity contribution is -0.122. The van der Waals surface area contributed by atoms with Crippen LogP contribution in [0, 0.1) is 5.92 Å². The maximum absolute atomic E-state index is 11.6. The number of nitrogens with one attached hydrogen (secondary N) is 2. The van der Waals surface area contributed by atoms with Crippen molar-refractivity contribution in [1.82, 2.24) is 20.4 Å². The molecular weight excluding hydrogens is 406 g/mol. The van der Waals surface area contributed by atoms with Gasteiger partial charge in [0.25, 0.3) is 0 Å². The van der Waals surface area contributed by atoms with Crippen molar-refractivity contribution in [2.75, 3.05) is 25.5 Å². The van der Waals surface area contributed by atoms with E-state index in [1.807, 2.05) is 57.0 Å². The Hall–Kier alpha value is -2.61. The van der Waals surface area contributed by atoms with Gasteiger partial charge in [-0.05, 0) is 71.8 Å². The van der Waals surface area contributed by atoms with Gasteiger partial charge in [-0.1, -0.05) is 19.0 Å². The van der Waals surface area contributed by atoms with E-state index < -0.39 is 0 Å². The lowest BCUT2D eigenvalue weighted by Gasteiger charge is -2.15. The standard InChI is InChI=1S/C13H24N4O2.C11H17NO/c1-9(2)6-13-15-11(16-19-13)7-17(5)8-12(18)14-10(3)4;1-4-13-11-7-5-10(6-8-11)12-9(2)3/h9-10H,6-8H2,1-5H3,(H,14,18);5-9,12H,4H2,1-3H3. The fourth-order valence-corrected chi connectivity index (χ4v) is 2.84. The second-order valence-electron chi connectivity index (χ2n) is 8.85. The van der Waals surface area contributed by atoms with Crippen molar-refractivity contribution < 1.29 is 14.1 Å². The van der Waals surface area contributed by atoms with Crippen LogP contribution in [0.15, 0.2) is 28.8 Å². The number of hydrogen-bond acceptors (Lipinski definition) is 7. The highest BCUT2D eigenvalue weighted by Gasteiger charge is 2.12. The maximum atomic E-state index is 11.6. The molecule has 1 aromatic carbocycles. The summed E-state index contributed by atoms with van der Waals surface area (Å²) in [5.74, 6) is 2.70. The molecule has 1 aromatic heterocycles. The van der Waals surface area contributed by atoms with Crippen LogP contribution in [-0.2, 0) is 17.8 Å². The van der Waals surface area contributed by atoms with E-state index in [-0.39, 0.29) is 11.9 Å². The summed E-state index contributed by atoms with van der Waals surface area (Å²) in [6.07, 6.45) is 0.782. The van der Waals surface area contributed by atoms with Crippen molar-refractivity contribution in [3.63, 3.8) is 0 Å². The van der Waals surface area contributed by atoms with Gasteiger partial charge in [-0.3, -0.25) is 9.69 Å². The smallest absolute Gasteiger partial charge is 0.234 e. The molecule has 8 nitrogen and oxygen atoms in total. The molecule has 1 heterocycles. The molecule has 8 heteroatoms. The zero-order valence-corrected chi connectivity index (χ0v) is 20.9. The van der Waals surface area contributed by atoms with Crippen LogP contribution in [0.1, 0.15) is 60.2 Å². The Kier molecular flexibility index (Phi) is 12.4. The van der Waals surface area contributed by atoms with Crippen molar-refractivity contribution in [3.8, 4) is 5.75 Å². The molecule has 2 rings (SSSR count). The van der Waals surface area contributed by atoms with E-state index in [9.17, 15) is 4.79 Å². The van der Waals surface area contributed by atoms with Gasteiger partial charge in [0.05, 0.1) is 19.7 Å². The normalized spacial score (nSPS) is 11.0. The topological polar surface area (TPSA) is 92.5 Å². The minimum Gasteiger partial charge on any atom is -0.494 e. The minimum absolute atomic E-state index is 0.00315. The number of carbonyl (C=O) groups excluding carboxylic acids is 1. The van der Waals surface area contributed by atoms with E-state index in [0.29, 0.717) is 36.8 Å². The molecule has 0 unspecified atom stereocenters. The first kappa shape index (κ1) is 27.4.